The van der Waals surface area contributed by atoms with Crippen molar-refractivity contribution in [2.75, 3.05) is 18.6 Å². The second-order valence-electron chi connectivity index (χ2n) is 6.06. The summed E-state index contributed by atoms with van der Waals surface area (Å²) in [5.41, 5.74) is 2.54. The Labute approximate surface area is 127 Å². The van der Waals surface area contributed by atoms with Gasteiger partial charge in [0.05, 0.1) is 5.75 Å². The summed E-state index contributed by atoms with van der Waals surface area (Å²) in [6, 6.07) is 8.43. The van der Waals surface area contributed by atoms with Crippen LogP contribution in [0.1, 0.15) is 36.8 Å². The molecule has 0 aromatic heterocycles. The first kappa shape index (κ1) is 16.0. The summed E-state index contributed by atoms with van der Waals surface area (Å²) >= 11 is 0. The van der Waals surface area contributed by atoms with Crippen molar-refractivity contribution >= 4 is 15.7 Å². The molecule has 21 heavy (non-hydrogen) atoms. The maximum Gasteiger partial charge on any atom is 0.223 e. The van der Waals surface area contributed by atoms with Crippen molar-refractivity contribution in [1.29, 1.82) is 0 Å². The number of likely N-dealkylation sites (tertiary alicyclic amines) is 1. The zero-order valence-corrected chi connectivity index (χ0v) is 13.7. The molecule has 0 unspecified atom stereocenters. The highest BCUT2D eigenvalue weighted by Crippen LogP contribution is 2.33. The standard InChI is InChI=1S/C16H23NO3S/c1-12-6-4-5-7-15(12)14-10-13(2)17(11-14)16(18)8-9-21(3,19)20/h4-7,13-14H,8-11H2,1-3H3/t13-,14-/m1/s1. The number of rotatable bonds is 4. The normalized spacial score (nSPS) is 22.5. The van der Waals surface area contributed by atoms with E-state index in [4.69, 9.17) is 0 Å². The summed E-state index contributed by atoms with van der Waals surface area (Å²) in [5.74, 6) is 0.233. The Kier molecular flexibility index (Phi) is 4.71. The minimum atomic E-state index is -3.09. The Bertz CT molecular complexity index is 624. The van der Waals surface area contributed by atoms with Crippen LogP contribution >= 0.6 is 0 Å². The third-order valence-corrected chi connectivity index (χ3v) is 5.16. The van der Waals surface area contributed by atoms with Crippen molar-refractivity contribution in [2.24, 2.45) is 0 Å². The van der Waals surface area contributed by atoms with Crippen molar-refractivity contribution in [2.45, 2.75) is 38.6 Å². The third kappa shape index (κ3) is 4.06. The van der Waals surface area contributed by atoms with Gasteiger partial charge < -0.3 is 4.90 Å². The van der Waals surface area contributed by atoms with Gasteiger partial charge in [0.15, 0.2) is 0 Å². The minimum absolute atomic E-state index is 0.0518. The molecule has 0 radical (unpaired) electrons. The number of carbonyl (C=O) groups is 1. The van der Waals surface area contributed by atoms with Gasteiger partial charge >= 0.3 is 0 Å². The molecule has 0 N–H and O–H groups in total. The van der Waals surface area contributed by atoms with Gasteiger partial charge in [0.25, 0.3) is 0 Å². The molecule has 0 aliphatic carbocycles. The molecule has 1 aliphatic heterocycles. The van der Waals surface area contributed by atoms with Crippen molar-refractivity contribution in [1.82, 2.24) is 4.90 Å². The zero-order valence-electron chi connectivity index (χ0n) is 12.9. The maximum absolute atomic E-state index is 12.2. The van der Waals surface area contributed by atoms with E-state index in [-0.39, 0.29) is 24.1 Å². The van der Waals surface area contributed by atoms with Gasteiger partial charge in [-0.3, -0.25) is 4.79 Å². The van der Waals surface area contributed by atoms with Crippen LogP contribution in [-0.4, -0.2) is 43.8 Å². The molecule has 1 aromatic carbocycles. The number of sulfone groups is 1. The lowest BCUT2D eigenvalue weighted by Gasteiger charge is -2.21. The number of nitrogens with zero attached hydrogens (tertiary/aromatic N) is 1. The van der Waals surface area contributed by atoms with E-state index in [0.29, 0.717) is 12.5 Å². The van der Waals surface area contributed by atoms with Crippen LogP contribution in [0.5, 0.6) is 0 Å². The summed E-state index contributed by atoms with van der Waals surface area (Å²) < 4.78 is 22.4. The monoisotopic (exact) mass is 309 g/mol. The zero-order chi connectivity index (χ0) is 15.6. The SMILES string of the molecule is Cc1ccccc1[C@@H]1C[C@@H](C)N(C(=O)CCS(C)(=O)=O)C1. The molecule has 1 amide bonds. The van der Waals surface area contributed by atoms with Gasteiger partial charge in [-0.15, -0.1) is 0 Å². The molecule has 1 fully saturated rings. The van der Waals surface area contributed by atoms with Crippen LogP contribution in [0.25, 0.3) is 0 Å². The van der Waals surface area contributed by atoms with Gasteiger partial charge in [0, 0.05) is 31.2 Å². The molecule has 116 valence electrons. The van der Waals surface area contributed by atoms with Crippen LogP contribution in [0.2, 0.25) is 0 Å². The van der Waals surface area contributed by atoms with Crippen LogP contribution in [0.15, 0.2) is 24.3 Å². The van der Waals surface area contributed by atoms with Gasteiger partial charge in [0.1, 0.15) is 9.84 Å². The quantitative estimate of drug-likeness (QED) is 0.856. The first-order valence-electron chi connectivity index (χ1n) is 7.30. The Morgan fingerprint density at radius 3 is 2.62 bits per heavy atom. The molecule has 0 bridgehead atoms. The number of carbonyl (C=O) groups excluding carboxylic acids is 1. The third-order valence-electron chi connectivity index (χ3n) is 4.21. The molecule has 2 rings (SSSR count). The predicted molar refractivity (Wildman–Crippen MR) is 84.0 cm³/mol. The Balaban J connectivity index is 2.04. The summed E-state index contributed by atoms with van der Waals surface area (Å²) in [6.07, 6.45) is 2.20. The van der Waals surface area contributed by atoms with E-state index in [1.165, 1.54) is 17.4 Å². The van der Waals surface area contributed by atoms with Crippen molar-refractivity contribution in [3.63, 3.8) is 0 Å². The van der Waals surface area contributed by atoms with E-state index in [2.05, 4.69) is 19.1 Å². The lowest BCUT2D eigenvalue weighted by Crippen LogP contribution is -2.34. The lowest BCUT2D eigenvalue weighted by molar-refractivity contribution is -0.131. The fraction of sp³-hybridized carbons (Fsp3) is 0.562. The topological polar surface area (TPSA) is 54.5 Å². The smallest absolute Gasteiger partial charge is 0.223 e. The van der Waals surface area contributed by atoms with E-state index in [1.54, 1.807) is 0 Å². The summed E-state index contributed by atoms with van der Waals surface area (Å²) in [6.45, 7) is 4.82. The molecule has 5 heteroatoms. The lowest BCUT2D eigenvalue weighted by atomic mass is 9.93. The van der Waals surface area contributed by atoms with Crippen molar-refractivity contribution in [3.05, 3.63) is 35.4 Å². The number of hydrogen-bond donors (Lipinski definition) is 0. The van der Waals surface area contributed by atoms with Crippen molar-refractivity contribution < 1.29 is 13.2 Å². The average Bonchev–Trinajstić information content (AvgIpc) is 2.77. The molecule has 2 atom stereocenters. The van der Waals surface area contributed by atoms with Gasteiger partial charge in [-0.1, -0.05) is 24.3 Å². The largest absolute Gasteiger partial charge is 0.339 e. The summed E-state index contributed by atoms with van der Waals surface area (Å²) in [7, 11) is -3.09. The van der Waals surface area contributed by atoms with Crippen LogP contribution in [0.3, 0.4) is 0 Å². The molecule has 4 nitrogen and oxygen atoms in total. The van der Waals surface area contributed by atoms with Gasteiger partial charge in [-0.25, -0.2) is 8.42 Å². The average molecular weight is 309 g/mol. The van der Waals surface area contributed by atoms with Crippen molar-refractivity contribution in [3.8, 4) is 0 Å². The molecular formula is C16H23NO3S. The Morgan fingerprint density at radius 2 is 2.00 bits per heavy atom. The Morgan fingerprint density at radius 1 is 1.33 bits per heavy atom. The fourth-order valence-electron chi connectivity index (χ4n) is 3.07. The van der Waals surface area contributed by atoms with Crippen LogP contribution in [-0.2, 0) is 14.6 Å². The van der Waals surface area contributed by atoms with E-state index in [1.807, 2.05) is 24.0 Å². The van der Waals surface area contributed by atoms with E-state index < -0.39 is 9.84 Å². The second kappa shape index (κ2) is 6.18. The number of amides is 1. The van der Waals surface area contributed by atoms with E-state index in [9.17, 15) is 13.2 Å². The predicted octanol–water partition coefficient (Wildman–Crippen LogP) is 2.13. The molecule has 1 aromatic rings. The fourth-order valence-corrected chi connectivity index (χ4v) is 3.61. The minimum Gasteiger partial charge on any atom is -0.339 e. The van der Waals surface area contributed by atoms with E-state index >= 15 is 0 Å². The second-order valence-corrected chi connectivity index (χ2v) is 8.32. The first-order valence-corrected chi connectivity index (χ1v) is 9.36. The van der Waals surface area contributed by atoms with Gasteiger partial charge in [-0.2, -0.15) is 0 Å². The summed E-state index contributed by atoms with van der Waals surface area (Å²) in [4.78, 5) is 14.1. The first-order chi connectivity index (χ1) is 9.78. The highest BCUT2D eigenvalue weighted by Gasteiger charge is 2.33. The number of benzene rings is 1. The van der Waals surface area contributed by atoms with Gasteiger partial charge in [-0.05, 0) is 31.4 Å². The highest BCUT2D eigenvalue weighted by atomic mass is 32.2. The number of hydrogen-bond acceptors (Lipinski definition) is 3. The molecule has 0 spiro atoms. The van der Waals surface area contributed by atoms with Gasteiger partial charge in [0.2, 0.25) is 5.91 Å². The molecule has 1 saturated heterocycles. The molecule has 1 heterocycles. The van der Waals surface area contributed by atoms with Crippen LogP contribution < -0.4 is 0 Å². The molecule has 0 saturated carbocycles. The molecular weight excluding hydrogens is 286 g/mol. The highest BCUT2D eigenvalue weighted by molar-refractivity contribution is 7.90. The van der Waals surface area contributed by atoms with E-state index in [0.717, 1.165) is 6.42 Å². The maximum atomic E-state index is 12.2. The Hall–Kier alpha value is -1.36. The summed E-state index contributed by atoms with van der Waals surface area (Å²) in [5, 5.41) is 0. The molecule has 1 aliphatic rings. The number of aryl methyl sites for hydroxylation is 1. The van der Waals surface area contributed by atoms with Crippen LogP contribution in [0.4, 0.5) is 0 Å². The van der Waals surface area contributed by atoms with Crippen LogP contribution in [0, 0.1) is 6.92 Å².